The first-order valence-electron chi connectivity index (χ1n) is 16.8. The van der Waals surface area contributed by atoms with E-state index in [1.54, 1.807) is 20.1 Å². The topological polar surface area (TPSA) is 116 Å². The van der Waals surface area contributed by atoms with Gasteiger partial charge in [0.05, 0.1) is 24.5 Å². The highest BCUT2D eigenvalue weighted by Gasteiger charge is 2.60. The van der Waals surface area contributed by atoms with Gasteiger partial charge in [-0.3, -0.25) is 4.79 Å². The fourth-order valence-electron chi connectivity index (χ4n) is 7.94. The van der Waals surface area contributed by atoms with E-state index in [4.69, 9.17) is 23.8 Å². The van der Waals surface area contributed by atoms with E-state index in [-0.39, 0.29) is 30.7 Å². The molecule has 9 nitrogen and oxygen atoms in total. The van der Waals surface area contributed by atoms with E-state index < -0.39 is 41.6 Å². The molecular weight excluding hydrogens is 586 g/mol. The number of rotatable bonds is 3. The van der Waals surface area contributed by atoms with Gasteiger partial charge in [-0.2, -0.15) is 0 Å². The summed E-state index contributed by atoms with van der Waals surface area (Å²) in [6.07, 6.45) is 11.4. The van der Waals surface area contributed by atoms with E-state index >= 15 is 0 Å². The number of allylic oxidation sites excluding steroid dienone is 5. The molecule has 9 heteroatoms. The minimum Gasteiger partial charge on any atom is -0.462 e. The molecule has 0 aromatic heterocycles. The highest BCUT2D eigenvalue weighted by Crippen LogP contribution is 2.47. The number of aliphatic hydroxyl groups excluding tert-OH is 1. The second kappa shape index (κ2) is 13.9. The number of fused-ring (bicyclic) bond motifs is 2. The summed E-state index contributed by atoms with van der Waals surface area (Å²) in [6, 6.07) is 0. The van der Waals surface area contributed by atoms with Crippen molar-refractivity contribution >= 4 is 11.7 Å². The number of ether oxygens (including phenoxy) is 4. The highest BCUT2D eigenvalue weighted by atomic mass is 16.7. The molecule has 5 rings (SSSR count). The molecule has 0 aromatic carbocycles. The number of aliphatic hydroxyl groups is 2. The van der Waals surface area contributed by atoms with Gasteiger partial charge in [-0.1, -0.05) is 74.9 Å². The number of oxime groups is 1. The molecule has 10 atom stereocenters. The molecule has 0 amide bonds. The minimum atomic E-state index is -1.74. The number of hydrogen-bond donors (Lipinski definition) is 2. The number of esters is 1. The van der Waals surface area contributed by atoms with Gasteiger partial charge in [0.25, 0.3) is 0 Å². The summed E-state index contributed by atoms with van der Waals surface area (Å²) in [5.41, 5.74) is 2.54. The van der Waals surface area contributed by atoms with Gasteiger partial charge < -0.3 is 34.0 Å². The lowest BCUT2D eigenvalue weighted by molar-refractivity contribution is -0.313. The molecular formula is C37H53NO8. The van der Waals surface area contributed by atoms with Crippen molar-refractivity contribution in [1.29, 1.82) is 0 Å². The maximum atomic E-state index is 14.2. The molecule has 2 N–H and O–H groups in total. The number of nitrogens with zero attached hydrogens (tertiary/aromatic N) is 1. The molecule has 0 radical (unpaired) electrons. The Kier molecular flexibility index (Phi) is 10.5. The largest absolute Gasteiger partial charge is 0.462 e. The highest BCUT2D eigenvalue weighted by molar-refractivity contribution is 5.88. The van der Waals surface area contributed by atoms with Crippen molar-refractivity contribution in [2.45, 2.75) is 122 Å². The molecule has 4 aliphatic heterocycles. The van der Waals surface area contributed by atoms with Crippen molar-refractivity contribution < 1.29 is 38.8 Å². The van der Waals surface area contributed by atoms with Crippen LogP contribution in [0.2, 0.25) is 0 Å². The summed E-state index contributed by atoms with van der Waals surface area (Å²) in [5.74, 6) is -2.15. The Bertz CT molecular complexity index is 1340. The van der Waals surface area contributed by atoms with Gasteiger partial charge in [0.15, 0.2) is 5.79 Å². The van der Waals surface area contributed by atoms with Crippen molar-refractivity contribution in [3.05, 3.63) is 58.7 Å². The summed E-state index contributed by atoms with van der Waals surface area (Å²) in [6.45, 7) is 14.6. The Morgan fingerprint density at radius 3 is 2.67 bits per heavy atom. The van der Waals surface area contributed by atoms with Gasteiger partial charge in [0, 0.05) is 25.2 Å². The number of carbonyl (C=O) groups excluding carboxylic acids is 1. The molecule has 3 saturated heterocycles. The van der Waals surface area contributed by atoms with Crippen LogP contribution in [-0.2, 0) is 28.6 Å². The van der Waals surface area contributed by atoms with Crippen LogP contribution < -0.4 is 0 Å². The first kappa shape index (κ1) is 34.8. The van der Waals surface area contributed by atoms with Crippen LogP contribution in [0.3, 0.4) is 0 Å². The van der Waals surface area contributed by atoms with Crippen LogP contribution in [0.25, 0.3) is 0 Å². The standard InChI is InChI=1S/C37H53NO8/c1-21(2)14-25(6)33-26(7)31(38-42-8)19-36(46-33)18-29-17-28(45-36)13-12-23(4)15-22(3)10-9-11-27-20-43-34-32(39)24(5)16-30(35(40)44-29)37(27,34)41/h9-12,14,16,21-22,26,28-30,32-34,39,41H,13,15,17-20H2,1-8H3/b10-9?,23-12?,25-14+,27-11?,38-31?/t22-,26-,28+,29-,30-,32+,33+,34+,36-,37+/m0/s1. The van der Waals surface area contributed by atoms with E-state index in [9.17, 15) is 15.0 Å². The summed E-state index contributed by atoms with van der Waals surface area (Å²) < 4.78 is 26.0. The van der Waals surface area contributed by atoms with E-state index in [0.717, 1.165) is 17.7 Å². The van der Waals surface area contributed by atoms with Gasteiger partial charge >= 0.3 is 5.97 Å². The zero-order chi connectivity index (χ0) is 33.4. The average Bonchev–Trinajstić information content (AvgIpc) is 3.31. The predicted octanol–water partition coefficient (Wildman–Crippen LogP) is 5.73. The van der Waals surface area contributed by atoms with Gasteiger partial charge in [-0.15, -0.1) is 0 Å². The van der Waals surface area contributed by atoms with Crippen LogP contribution in [0.1, 0.15) is 80.6 Å². The normalized spacial score (nSPS) is 41.5. The lowest BCUT2D eigenvalue weighted by Crippen LogP contribution is -2.59. The second-order valence-electron chi connectivity index (χ2n) is 14.5. The van der Waals surface area contributed by atoms with Gasteiger partial charge in [-0.25, -0.2) is 0 Å². The van der Waals surface area contributed by atoms with Crippen LogP contribution in [0.15, 0.2) is 63.9 Å². The van der Waals surface area contributed by atoms with Crippen LogP contribution in [0.5, 0.6) is 0 Å². The van der Waals surface area contributed by atoms with Crippen LogP contribution in [0, 0.1) is 23.7 Å². The maximum Gasteiger partial charge on any atom is 0.316 e. The van der Waals surface area contributed by atoms with Crippen LogP contribution >= 0.6 is 0 Å². The Balaban J connectivity index is 1.55. The molecule has 2 bridgehead atoms. The molecule has 3 fully saturated rings. The number of carbonyl (C=O) groups is 1. The second-order valence-corrected chi connectivity index (χ2v) is 14.5. The third kappa shape index (κ3) is 6.99. The molecule has 0 unspecified atom stereocenters. The summed E-state index contributed by atoms with van der Waals surface area (Å²) in [7, 11) is 1.55. The van der Waals surface area contributed by atoms with Gasteiger partial charge in [0.1, 0.15) is 36.9 Å². The quantitative estimate of drug-likeness (QED) is 0.229. The fourth-order valence-corrected chi connectivity index (χ4v) is 7.94. The molecule has 5 aliphatic rings. The van der Waals surface area contributed by atoms with Crippen LogP contribution in [0.4, 0.5) is 0 Å². The maximum absolute atomic E-state index is 14.2. The molecule has 46 heavy (non-hydrogen) atoms. The number of hydrogen-bond acceptors (Lipinski definition) is 9. The molecule has 254 valence electrons. The van der Waals surface area contributed by atoms with Crippen molar-refractivity contribution in [2.75, 3.05) is 13.7 Å². The zero-order valence-corrected chi connectivity index (χ0v) is 28.7. The summed E-state index contributed by atoms with van der Waals surface area (Å²) in [5, 5.41) is 27.6. The molecule has 0 aromatic rings. The van der Waals surface area contributed by atoms with E-state index in [2.05, 4.69) is 64.9 Å². The first-order valence-corrected chi connectivity index (χ1v) is 16.8. The van der Waals surface area contributed by atoms with E-state index in [1.165, 1.54) is 5.57 Å². The fraction of sp³-hybridized carbons (Fsp3) is 0.676. The SMILES string of the molecule is CON=C1C[C@]2(C[C@@H]3C[C@@H](CC=C(C)C[C@@H](C)C=CC=C4CO[C@@H]5[C@H](O)C(C)=C[C@@H](C(=O)O3)[C@]45O)O2)O[C@H](/C(C)=C/C(C)C)[C@H]1C. The van der Waals surface area contributed by atoms with Gasteiger partial charge in [0.2, 0.25) is 0 Å². The lowest BCUT2D eigenvalue weighted by atomic mass is 9.71. The van der Waals surface area contributed by atoms with Crippen molar-refractivity contribution in [1.82, 2.24) is 0 Å². The molecule has 0 saturated carbocycles. The van der Waals surface area contributed by atoms with Crippen molar-refractivity contribution in [3.63, 3.8) is 0 Å². The molecule has 1 spiro atoms. The predicted molar refractivity (Wildman–Crippen MR) is 176 cm³/mol. The Morgan fingerprint density at radius 1 is 1.20 bits per heavy atom. The molecule has 1 aliphatic carbocycles. The van der Waals surface area contributed by atoms with Crippen molar-refractivity contribution in [3.8, 4) is 0 Å². The van der Waals surface area contributed by atoms with Gasteiger partial charge in [-0.05, 0) is 62.2 Å². The average molecular weight is 640 g/mol. The Morgan fingerprint density at radius 2 is 1.96 bits per heavy atom. The molecule has 4 heterocycles. The smallest absolute Gasteiger partial charge is 0.316 e. The lowest BCUT2D eigenvalue weighted by Gasteiger charge is -2.50. The summed E-state index contributed by atoms with van der Waals surface area (Å²) >= 11 is 0. The van der Waals surface area contributed by atoms with E-state index in [1.807, 2.05) is 12.2 Å². The third-order valence-electron chi connectivity index (χ3n) is 10.1. The zero-order valence-electron chi connectivity index (χ0n) is 28.7. The monoisotopic (exact) mass is 639 g/mol. The van der Waals surface area contributed by atoms with Crippen molar-refractivity contribution in [2.24, 2.45) is 28.8 Å². The Labute approximate surface area is 274 Å². The third-order valence-corrected chi connectivity index (χ3v) is 10.1. The minimum absolute atomic E-state index is 0.0340. The summed E-state index contributed by atoms with van der Waals surface area (Å²) in [4.78, 5) is 19.4. The van der Waals surface area contributed by atoms with Crippen LogP contribution in [-0.4, -0.2) is 77.5 Å². The Hall–Kier alpha value is -2.56. The van der Waals surface area contributed by atoms with E-state index in [0.29, 0.717) is 42.7 Å². The first-order chi connectivity index (χ1) is 21.8.